The molecule has 0 unspecified atom stereocenters. The molecule has 0 N–H and O–H groups in total. The molecule has 2 aromatic rings. The summed E-state index contributed by atoms with van der Waals surface area (Å²) in [6.45, 7) is 2.24. The zero-order valence-corrected chi connectivity index (χ0v) is 10.9. The van der Waals surface area contributed by atoms with Crippen molar-refractivity contribution in [3.05, 3.63) is 83.9 Å². The molecule has 0 aliphatic carbocycles. The molecule has 0 heteroatoms. The Morgan fingerprint density at radius 3 is 2.17 bits per heavy atom. The Hall–Kier alpha value is -1.82. The van der Waals surface area contributed by atoms with E-state index in [0.29, 0.717) is 5.92 Å². The molecule has 0 saturated heterocycles. The van der Waals surface area contributed by atoms with E-state index in [-0.39, 0.29) is 0 Å². The Kier molecular flexibility index (Phi) is 4.78. The highest BCUT2D eigenvalue weighted by atomic mass is 14.0. The fourth-order valence-electron chi connectivity index (χ4n) is 2.06. The topological polar surface area (TPSA) is 0 Å². The summed E-state index contributed by atoms with van der Waals surface area (Å²) >= 11 is 0. The van der Waals surface area contributed by atoms with Gasteiger partial charge in [-0.15, -0.1) is 0 Å². The van der Waals surface area contributed by atoms with Crippen molar-refractivity contribution in [2.75, 3.05) is 0 Å². The summed E-state index contributed by atoms with van der Waals surface area (Å²) in [7, 11) is 0. The third-order valence-corrected chi connectivity index (χ3v) is 3.19. The number of aryl methyl sites for hydroxylation is 1. The molecule has 92 valence electrons. The van der Waals surface area contributed by atoms with Crippen LogP contribution in [0.3, 0.4) is 0 Å². The van der Waals surface area contributed by atoms with Crippen LogP contribution in [-0.4, -0.2) is 0 Å². The van der Waals surface area contributed by atoms with Gasteiger partial charge in [0.05, 0.1) is 0 Å². The normalized spacial score (nSPS) is 12.7. The molecule has 0 fully saturated rings. The first-order chi connectivity index (χ1) is 8.86. The van der Waals surface area contributed by atoms with Gasteiger partial charge in [0.1, 0.15) is 0 Å². The Balaban J connectivity index is 1.82. The van der Waals surface area contributed by atoms with E-state index in [9.17, 15) is 0 Å². The van der Waals surface area contributed by atoms with Crippen molar-refractivity contribution in [2.45, 2.75) is 25.7 Å². The fourth-order valence-corrected chi connectivity index (χ4v) is 2.06. The lowest BCUT2D eigenvalue weighted by Crippen LogP contribution is -1.88. The van der Waals surface area contributed by atoms with E-state index in [1.165, 1.54) is 11.1 Å². The molecule has 0 aliphatic rings. The van der Waals surface area contributed by atoms with E-state index in [4.69, 9.17) is 0 Å². The van der Waals surface area contributed by atoms with Crippen molar-refractivity contribution < 1.29 is 0 Å². The third-order valence-electron chi connectivity index (χ3n) is 3.19. The molecule has 0 spiro atoms. The van der Waals surface area contributed by atoms with Crippen LogP contribution in [0, 0.1) is 0 Å². The van der Waals surface area contributed by atoms with Gasteiger partial charge in [0.15, 0.2) is 0 Å². The highest BCUT2D eigenvalue weighted by Gasteiger charge is 1.98. The van der Waals surface area contributed by atoms with Gasteiger partial charge in [-0.3, -0.25) is 0 Å². The summed E-state index contributed by atoms with van der Waals surface area (Å²) in [6, 6.07) is 21.3. The van der Waals surface area contributed by atoms with Crippen LogP contribution in [0.25, 0.3) is 0 Å². The van der Waals surface area contributed by atoms with Crippen LogP contribution in [0.15, 0.2) is 72.8 Å². The van der Waals surface area contributed by atoms with Gasteiger partial charge >= 0.3 is 0 Å². The molecular weight excluding hydrogens is 216 g/mol. The number of rotatable bonds is 5. The molecule has 2 rings (SSSR count). The third kappa shape index (κ3) is 3.89. The summed E-state index contributed by atoms with van der Waals surface area (Å²) in [6.07, 6.45) is 6.84. The van der Waals surface area contributed by atoms with E-state index in [0.717, 1.165) is 12.8 Å². The second kappa shape index (κ2) is 6.80. The fraction of sp³-hybridized carbons (Fsp3) is 0.222. The van der Waals surface area contributed by atoms with Gasteiger partial charge in [0.25, 0.3) is 0 Å². The molecule has 0 aliphatic heterocycles. The first kappa shape index (κ1) is 12.6. The Morgan fingerprint density at radius 2 is 1.50 bits per heavy atom. The summed E-state index contributed by atoms with van der Waals surface area (Å²) in [4.78, 5) is 0. The van der Waals surface area contributed by atoms with Crippen molar-refractivity contribution in [2.24, 2.45) is 0 Å². The zero-order valence-electron chi connectivity index (χ0n) is 10.9. The summed E-state index contributed by atoms with van der Waals surface area (Å²) in [5.74, 6) is 0.502. The minimum absolute atomic E-state index is 0.502. The summed E-state index contributed by atoms with van der Waals surface area (Å²) in [5.41, 5.74) is 2.79. The summed E-state index contributed by atoms with van der Waals surface area (Å²) < 4.78 is 0. The average molecular weight is 236 g/mol. The quantitative estimate of drug-likeness (QED) is 0.642. The minimum atomic E-state index is 0.502. The van der Waals surface area contributed by atoms with Crippen LogP contribution >= 0.6 is 0 Å². The number of benzene rings is 2. The van der Waals surface area contributed by atoms with Gasteiger partial charge in [0, 0.05) is 0 Å². The van der Waals surface area contributed by atoms with Crippen molar-refractivity contribution in [1.29, 1.82) is 0 Å². The lowest BCUT2D eigenvalue weighted by atomic mass is 10.00. The largest absolute Gasteiger partial charge is 0.0876 e. The predicted octanol–water partition coefficient (Wildman–Crippen LogP) is 4.98. The van der Waals surface area contributed by atoms with E-state index in [1.54, 1.807) is 0 Å². The van der Waals surface area contributed by atoms with Gasteiger partial charge < -0.3 is 0 Å². The molecule has 0 bridgehead atoms. The molecule has 1 atom stereocenters. The van der Waals surface area contributed by atoms with Crippen molar-refractivity contribution in [1.82, 2.24) is 0 Å². The SMILES string of the molecule is C[C@H](/C=C/CCc1ccccc1)c1ccccc1. The molecular formula is C18H20. The molecule has 0 amide bonds. The lowest BCUT2D eigenvalue weighted by molar-refractivity contribution is 0.935. The number of hydrogen-bond donors (Lipinski definition) is 0. The van der Waals surface area contributed by atoms with Gasteiger partial charge in [-0.2, -0.15) is 0 Å². The van der Waals surface area contributed by atoms with Gasteiger partial charge in [-0.25, -0.2) is 0 Å². The molecule has 0 aromatic heterocycles. The second-order valence-electron chi connectivity index (χ2n) is 4.65. The van der Waals surface area contributed by atoms with Crippen LogP contribution in [0.4, 0.5) is 0 Å². The van der Waals surface area contributed by atoms with E-state index in [2.05, 4.69) is 79.7 Å². The van der Waals surface area contributed by atoms with Crippen LogP contribution in [0.2, 0.25) is 0 Å². The maximum Gasteiger partial charge on any atom is -0.00104 e. The van der Waals surface area contributed by atoms with Gasteiger partial charge in [0.2, 0.25) is 0 Å². The van der Waals surface area contributed by atoms with E-state index in [1.807, 2.05) is 0 Å². The molecule has 0 nitrogen and oxygen atoms in total. The number of hydrogen-bond acceptors (Lipinski definition) is 0. The van der Waals surface area contributed by atoms with Crippen molar-refractivity contribution in [3.63, 3.8) is 0 Å². The maximum absolute atomic E-state index is 2.30. The average Bonchev–Trinajstić information content (AvgIpc) is 2.45. The monoisotopic (exact) mass is 236 g/mol. The predicted molar refractivity (Wildman–Crippen MR) is 78.8 cm³/mol. The van der Waals surface area contributed by atoms with Crippen molar-refractivity contribution in [3.8, 4) is 0 Å². The molecule has 0 radical (unpaired) electrons. The van der Waals surface area contributed by atoms with Crippen LogP contribution in [0.1, 0.15) is 30.4 Å². The van der Waals surface area contributed by atoms with E-state index < -0.39 is 0 Å². The van der Waals surface area contributed by atoms with Gasteiger partial charge in [-0.1, -0.05) is 79.7 Å². The second-order valence-corrected chi connectivity index (χ2v) is 4.65. The van der Waals surface area contributed by atoms with Crippen LogP contribution in [-0.2, 0) is 6.42 Å². The highest BCUT2D eigenvalue weighted by Crippen LogP contribution is 2.16. The molecule has 0 heterocycles. The van der Waals surface area contributed by atoms with Crippen LogP contribution < -0.4 is 0 Å². The Morgan fingerprint density at radius 1 is 0.889 bits per heavy atom. The Labute approximate surface area is 110 Å². The standard InChI is InChI=1S/C18H20/c1-16(18-14-6-3-7-15-18)10-8-9-13-17-11-4-2-5-12-17/h2-8,10-12,14-16H,9,13H2,1H3/b10-8+/t16-/m1/s1. The van der Waals surface area contributed by atoms with E-state index >= 15 is 0 Å². The van der Waals surface area contributed by atoms with Crippen molar-refractivity contribution >= 4 is 0 Å². The number of allylic oxidation sites excluding steroid dienone is 2. The molecule has 0 saturated carbocycles. The maximum atomic E-state index is 2.30. The smallest absolute Gasteiger partial charge is 0.00104 e. The first-order valence-electron chi connectivity index (χ1n) is 6.62. The zero-order chi connectivity index (χ0) is 12.6. The highest BCUT2D eigenvalue weighted by molar-refractivity contribution is 5.23. The summed E-state index contributed by atoms with van der Waals surface area (Å²) in [5, 5.41) is 0. The first-order valence-corrected chi connectivity index (χ1v) is 6.62. The molecule has 2 aromatic carbocycles. The van der Waals surface area contributed by atoms with Crippen LogP contribution in [0.5, 0.6) is 0 Å². The minimum Gasteiger partial charge on any atom is -0.0876 e. The Bertz CT molecular complexity index is 468. The van der Waals surface area contributed by atoms with Gasteiger partial charge in [-0.05, 0) is 29.9 Å². The lowest BCUT2D eigenvalue weighted by Gasteiger charge is -2.05. The molecule has 18 heavy (non-hydrogen) atoms.